The lowest BCUT2D eigenvalue weighted by atomic mass is 9.92. The molecule has 0 radical (unpaired) electrons. The maximum absolute atomic E-state index is 6.41. The molecule has 0 saturated carbocycles. The lowest BCUT2D eigenvalue weighted by Crippen LogP contribution is -2.02. The molecule has 0 aliphatic heterocycles. The van der Waals surface area contributed by atoms with Crippen molar-refractivity contribution in [3.8, 4) is 56.5 Å². The third kappa shape index (κ3) is 4.82. The molecule has 6 aromatic carbocycles. The van der Waals surface area contributed by atoms with Crippen molar-refractivity contribution in [1.82, 2.24) is 19.9 Å². The number of hydrogen-bond acceptors (Lipinski definition) is 5. The summed E-state index contributed by atoms with van der Waals surface area (Å²) in [5.41, 5.74) is 9.30. The second-order valence-electron chi connectivity index (χ2n) is 11.5. The van der Waals surface area contributed by atoms with Crippen LogP contribution in [0.3, 0.4) is 0 Å². The van der Waals surface area contributed by atoms with Gasteiger partial charge in [0.15, 0.2) is 17.5 Å². The van der Waals surface area contributed by atoms with Crippen LogP contribution in [0.5, 0.6) is 0 Å². The summed E-state index contributed by atoms with van der Waals surface area (Å²) in [6, 6.07) is 53.6. The summed E-state index contributed by atoms with van der Waals surface area (Å²) < 4.78 is 6.41. The second-order valence-corrected chi connectivity index (χ2v) is 11.5. The number of para-hydroxylation sites is 3. The zero-order valence-electron chi connectivity index (χ0n) is 25.2. The first-order chi connectivity index (χ1) is 23.3. The largest absolute Gasteiger partial charge is 0.455 e. The average Bonchev–Trinajstić information content (AvgIpc) is 3.54. The van der Waals surface area contributed by atoms with Crippen molar-refractivity contribution in [3.63, 3.8) is 0 Å². The molecule has 0 fully saturated rings. The molecule has 3 aromatic heterocycles. The van der Waals surface area contributed by atoms with Crippen molar-refractivity contribution in [2.24, 2.45) is 0 Å². The molecule has 220 valence electrons. The molecule has 0 amide bonds. The fourth-order valence-corrected chi connectivity index (χ4v) is 6.26. The quantitative estimate of drug-likeness (QED) is 0.196. The molecule has 9 aromatic rings. The van der Waals surface area contributed by atoms with Crippen molar-refractivity contribution in [2.45, 2.75) is 0 Å². The number of benzene rings is 6. The summed E-state index contributed by atoms with van der Waals surface area (Å²) in [4.78, 5) is 20.1. The van der Waals surface area contributed by atoms with Crippen molar-refractivity contribution in [3.05, 3.63) is 158 Å². The topological polar surface area (TPSA) is 64.7 Å². The Balaban J connectivity index is 1.29. The van der Waals surface area contributed by atoms with Crippen LogP contribution in [-0.2, 0) is 0 Å². The van der Waals surface area contributed by atoms with Gasteiger partial charge < -0.3 is 4.42 Å². The van der Waals surface area contributed by atoms with E-state index in [1.165, 1.54) is 0 Å². The van der Waals surface area contributed by atoms with Gasteiger partial charge in [-0.05, 0) is 52.6 Å². The van der Waals surface area contributed by atoms with E-state index in [0.717, 1.165) is 66.2 Å². The van der Waals surface area contributed by atoms with Crippen molar-refractivity contribution >= 4 is 32.8 Å². The normalized spacial score (nSPS) is 11.4. The molecule has 0 atom stereocenters. The molecule has 5 heteroatoms. The molecular weight excluding hydrogens is 576 g/mol. The van der Waals surface area contributed by atoms with E-state index >= 15 is 0 Å². The Kier molecular flexibility index (Phi) is 6.39. The summed E-state index contributed by atoms with van der Waals surface area (Å²) in [6.45, 7) is 0. The summed E-state index contributed by atoms with van der Waals surface area (Å²) in [6.07, 6.45) is 0. The van der Waals surface area contributed by atoms with E-state index in [4.69, 9.17) is 24.4 Å². The summed E-state index contributed by atoms with van der Waals surface area (Å²) in [7, 11) is 0. The van der Waals surface area contributed by atoms with Gasteiger partial charge in [-0.15, -0.1) is 0 Å². The van der Waals surface area contributed by atoms with Gasteiger partial charge in [-0.25, -0.2) is 19.9 Å². The molecule has 0 aliphatic rings. The van der Waals surface area contributed by atoms with Gasteiger partial charge in [0, 0.05) is 21.7 Å². The van der Waals surface area contributed by atoms with E-state index in [1.54, 1.807) is 0 Å². The number of hydrogen-bond donors (Lipinski definition) is 0. The molecule has 0 spiro atoms. The van der Waals surface area contributed by atoms with Crippen LogP contribution in [0.15, 0.2) is 162 Å². The van der Waals surface area contributed by atoms with Gasteiger partial charge in [0.25, 0.3) is 0 Å². The average molecular weight is 603 g/mol. The Morgan fingerprint density at radius 2 is 1.06 bits per heavy atom. The van der Waals surface area contributed by atoms with Crippen molar-refractivity contribution < 1.29 is 4.42 Å². The van der Waals surface area contributed by atoms with Crippen molar-refractivity contribution in [1.29, 1.82) is 0 Å². The van der Waals surface area contributed by atoms with Crippen LogP contribution in [-0.4, -0.2) is 19.9 Å². The van der Waals surface area contributed by atoms with Crippen LogP contribution in [0.2, 0.25) is 0 Å². The van der Waals surface area contributed by atoms with Gasteiger partial charge in [-0.1, -0.05) is 127 Å². The molecule has 0 saturated heterocycles. The standard InChI is InChI=1S/C42H26N4O/c1-3-12-27(13-4-1)31-24-22-30(26-35(31)28-14-5-2-6-15-28)40-44-41(34-19-11-18-33-32-17-8-10-21-38(32)47-39(33)34)46-42(45-40)37-25-23-29-16-7-9-20-36(29)43-37/h1-26H. The predicted molar refractivity (Wildman–Crippen MR) is 190 cm³/mol. The Morgan fingerprint density at radius 3 is 1.91 bits per heavy atom. The predicted octanol–water partition coefficient (Wildman–Crippen LogP) is 10.7. The molecule has 0 aliphatic carbocycles. The third-order valence-electron chi connectivity index (χ3n) is 8.56. The molecule has 9 rings (SSSR count). The zero-order valence-corrected chi connectivity index (χ0v) is 25.2. The number of pyridine rings is 1. The van der Waals surface area contributed by atoms with Gasteiger partial charge >= 0.3 is 0 Å². The summed E-state index contributed by atoms with van der Waals surface area (Å²) >= 11 is 0. The molecular formula is C42H26N4O. The summed E-state index contributed by atoms with van der Waals surface area (Å²) in [5.74, 6) is 1.58. The Hall–Kier alpha value is -6.46. The maximum Gasteiger partial charge on any atom is 0.182 e. The van der Waals surface area contributed by atoms with Gasteiger partial charge in [0.2, 0.25) is 0 Å². The highest BCUT2D eigenvalue weighted by atomic mass is 16.3. The van der Waals surface area contributed by atoms with Crippen LogP contribution in [0, 0.1) is 0 Å². The highest BCUT2D eigenvalue weighted by Crippen LogP contribution is 2.38. The van der Waals surface area contributed by atoms with E-state index in [9.17, 15) is 0 Å². The molecule has 0 N–H and O–H groups in total. The van der Waals surface area contributed by atoms with Crippen LogP contribution in [0.1, 0.15) is 0 Å². The first-order valence-corrected chi connectivity index (χ1v) is 15.6. The number of fused-ring (bicyclic) bond motifs is 4. The lowest BCUT2D eigenvalue weighted by Gasteiger charge is -2.14. The highest BCUT2D eigenvalue weighted by molar-refractivity contribution is 6.09. The van der Waals surface area contributed by atoms with Crippen LogP contribution >= 0.6 is 0 Å². The minimum Gasteiger partial charge on any atom is -0.455 e. The minimum atomic E-state index is 0.497. The molecule has 0 bridgehead atoms. The lowest BCUT2D eigenvalue weighted by molar-refractivity contribution is 0.669. The highest BCUT2D eigenvalue weighted by Gasteiger charge is 2.19. The first kappa shape index (κ1) is 26.9. The Bertz CT molecular complexity index is 2580. The SMILES string of the molecule is c1ccc(-c2ccc(-c3nc(-c4ccc5ccccc5n4)nc(-c4cccc5c4oc4ccccc45)n3)cc2-c2ccccc2)cc1. The number of furan rings is 1. The number of nitrogens with zero attached hydrogens (tertiary/aromatic N) is 4. The monoisotopic (exact) mass is 602 g/mol. The number of aromatic nitrogens is 4. The van der Waals surface area contributed by atoms with Crippen LogP contribution in [0.25, 0.3) is 89.4 Å². The Morgan fingerprint density at radius 1 is 0.383 bits per heavy atom. The fourth-order valence-electron chi connectivity index (χ4n) is 6.26. The summed E-state index contributed by atoms with van der Waals surface area (Å²) in [5, 5.41) is 3.13. The van der Waals surface area contributed by atoms with Gasteiger partial charge in [0.1, 0.15) is 16.9 Å². The van der Waals surface area contributed by atoms with E-state index < -0.39 is 0 Å². The Labute approximate surface area is 270 Å². The first-order valence-electron chi connectivity index (χ1n) is 15.6. The van der Waals surface area contributed by atoms with Gasteiger partial charge in [-0.3, -0.25) is 0 Å². The van der Waals surface area contributed by atoms with Gasteiger partial charge in [-0.2, -0.15) is 0 Å². The van der Waals surface area contributed by atoms with E-state index in [2.05, 4.69) is 91.0 Å². The smallest absolute Gasteiger partial charge is 0.182 e. The van der Waals surface area contributed by atoms with Gasteiger partial charge in [0.05, 0.1) is 11.1 Å². The van der Waals surface area contributed by atoms with Crippen LogP contribution < -0.4 is 0 Å². The maximum atomic E-state index is 6.41. The second kappa shape index (κ2) is 11.2. The van der Waals surface area contributed by atoms with E-state index in [0.29, 0.717) is 23.2 Å². The molecule has 0 unspecified atom stereocenters. The zero-order chi connectivity index (χ0) is 31.2. The molecule has 3 heterocycles. The van der Waals surface area contributed by atoms with E-state index in [1.807, 2.05) is 66.7 Å². The van der Waals surface area contributed by atoms with Crippen LogP contribution in [0.4, 0.5) is 0 Å². The number of rotatable bonds is 5. The van der Waals surface area contributed by atoms with E-state index in [-0.39, 0.29) is 0 Å². The molecule has 47 heavy (non-hydrogen) atoms. The molecule has 5 nitrogen and oxygen atoms in total. The van der Waals surface area contributed by atoms with Crippen molar-refractivity contribution in [2.75, 3.05) is 0 Å². The minimum absolute atomic E-state index is 0.497. The fraction of sp³-hybridized carbons (Fsp3) is 0. The third-order valence-corrected chi connectivity index (χ3v) is 8.56.